The molecule has 7 fully saturated rings. The average Bonchev–Trinajstić information content (AvgIpc) is 4.06. The lowest BCUT2D eigenvalue weighted by molar-refractivity contribution is -0.150. The number of carbonyl (C=O) groups excluding carboxylic acids is 5. The number of nitrogens with zero attached hydrogens (tertiary/aromatic N) is 9. The topological polar surface area (TPSA) is 188 Å². The van der Waals surface area contributed by atoms with Gasteiger partial charge in [-0.25, -0.2) is 19.9 Å². The predicted molar refractivity (Wildman–Crippen MR) is 275 cm³/mol. The van der Waals surface area contributed by atoms with Crippen molar-refractivity contribution in [2.45, 2.75) is 172 Å². The molecule has 4 saturated heterocycles. The average molecular weight is 994 g/mol. The Labute approximate surface area is 427 Å². The molecule has 5 amide bonds. The molecule has 2 N–H and O–H groups in total. The van der Waals surface area contributed by atoms with Crippen LogP contribution in [0.3, 0.4) is 0 Å². The quantitative estimate of drug-likeness (QED) is 0.146. The number of aromatic nitrogens is 5. The first-order valence-electron chi connectivity index (χ1n) is 27.6. The van der Waals surface area contributed by atoms with Gasteiger partial charge >= 0.3 is 6.01 Å². The fraction of sp³-hybridized carbons (Fsp3) is 0.625. The first-order valence-corrected chi connectivity index (χ1v) is 27.6. The number of ether oxygens (including phenoxy) is 1. The van der Waals surface area contributed by atoms with Crippen LogP contribution >= 0.6 is 0 Å². The van der Waals surface area contributed by atoms with Gasteiger partial charge in [-0.15, -0.1) is 0 Å². The number of likely N-dealkylation sites (tertiary alicyclic amines) is 3. The van der Waals surface area contributed by atoms with Gasteiger partial charge in [-0.3, -0.25) is 29.3 Å². The standard InChI is InChI=1S/C56H71N11O6/c1-34(2)66-33-59-45-30-44(61-49(48(45)66)60-38-10-11-38)36-9-15-43-46(27-36)67(40-28-39(29-40)63-21-5-4-6-22-63)53(72)56(43)19-25-65(26-20-56)52(71)55(3)17-23-64(24-18-55)51(70)35-7-12-41(13-8-35)73-54-57-31-37(32-58-54)42-14-16-47(68)62-50(42)69/h9,15,27,30-35,38-42H,4-8,10-14,16-26,28-29H2,1-3H3,(H,60,61)(H,62,68,69)/t35?,39?,40?,41?,42-/m1/s1. The van der Waals surface area contributed by atoms with Gasteiger partial charge in [0.05, 0.1) is 28.9 Å². The first kappa shape index (κ1) is 48.0. The maximum absolute atomic E-state index is 15.3. The van der Waals surface area contributed by atoms with E-state index < -0.39 is 16.7 Å². The van der Waals surface area contributed by atoms with Crippen molar-refractivity contribution < 1.29 is 28.7 Å². The van der Waals surface area contributed by atoms with Gasteiger partial charge in [0.2, 0.25) is 29.5 Å². The van der Waals surface area contributed by atoms with Gasteiger partial charge < -0.3 is 34.2 Å². The van der Waals surface area contributed by atoms with Crippen LogP contribution in [0, 0.1) is 11.3 Å². The summed E-state index contributed by atoms with van der Waals surface area (Å²) in [4.78, 5) is 95.3. The van der Waals surface area contributed by atoms with E-state index in [1.54, 1.807) is 12.4 Å². The number of anilines is 2. The fourth-order valence-electron chi connectivity index (χ4n) is 13.4. The molecule has 73 heavy (non-hydrogen) atoms. The minimum atomic E-state index is -0.691. The summed E-state index contributed by atoms with van der Waals surface area (Å²) in [6.45, 7) is 10.8. The summed E-state index contributed by atoms with van der Waals surface area (Å²) in [7, 11) is 0. The summed E-state index contributed by atoms with van der Waals surface area (Å²) in [6, 6.07) is 10.2. The van der Waals surface area contributed by atoms with Gasteiger partial charge in [-0.05, 0) is 141 Å². The van der Waals surface area contributed by atoms with E-state index in [1.165, 1.54) is 19.3 Å². The number of rotatable bonds is 11. The molecule has 4 aromatic rings. The van der Waals surface area contributed by atoms with Gasteiger partial charge in [0.25, 0.3) is 0 Å². The maximum Gasteiger partial charge on any atom is 0.316 e. The molecule has 0 radical (unpaired) electrons. The number of imidazole rings is 1. The van der Waals surface area contributed by atoms with Crippen molar-refractivity contribution in [1.82, 2.24) is 44.5 Å². The molecule has 1 aromatic carbocycles. The Morgan fingerprint density at radius 1 is 0.808 bits per heavy atom. The Balaban J connectivity index is 0.691. The van der Waals surface area contributed by atoms with Crippen LogP contribution in [0.2, 0.25) is 0 Å². The van der Waals surface area contributed by atoms with Crippen LogP contribution in [0.5, 0.6) is 6.01 Å². The highest BCUT2D eigenvalue weighted by Gasteiger charge is 2.57. The van der Waals surface area contributed by atoms with Gasteiger partial charge in [0.1, 0.15) is 11.6 Å². The molecule has 1 atom stereocenters. The minimum absolute atomic E-state index is 0.0941. The second-order valence-corrected chi connectivity index (χ2v) is 23.3. The van der Waals surface area contributed by atoms with Crippen molar-refractivity contribution in [2.24, 2.45) is 11.3 Å². The van der Waals surface area contributed by atoms with E-state index in [9.17, 15) is 19.2 Å². The van der Waals surface area contributed by atoms with Crippen molar-refractivity contribution >= 4 is 52.1 Å². The molecule has 17 heteroatoms. The smallest absolute Gasteiger partial charge is 0.316 e. The van der Waals surface area contributed by atoms with E-state index >= 15 is 4.79 Å². The van der Waals surface area contributed by atoms with Crippen molar-refractivity contribution in [1.29, 1.82) is 0 Å². The summed E-state index contributed by atoms with van der Waals surface area (Å²) in [5.74, 6) is 0.223. The molecule has 0 bridgehead atoms. The molecule has 3 aliphatic carbocycles. The Morgan fingerprint density at radius 2 is 1.52 bits per heavy atom. The number of pyridine rings is 1. The van der Waals surface area contributed by atoms with E-state index in [0.717, 1.165) is 78.1 Å². The Morgan fingerprint density at radius 3 is 2.21 bits per heavy atom. The molecule has 3 saturated carbocycles. The summed E-state index contributed by atoms with van der Waals surface area (Å²) in [5.41, 5.74) is 5.25. The second kappa shape index (κ2) is 19.1. The minimum Gasteiger partial charge on any atom is -0.460 e. The number of imide groups is 1. The third kappa shape index (κ3) is 8.94. The normalized spacial score (nSPS) is 27.3. The predicted octanol–water partition coefficient (Wildman–Crippen LogP) is 7.05. The van der Waals surface area contributed by atoms with Gasteiger partial charge in [0, 0.05) is 97.3 Å². The zero-order chi connectivity index (χ0) is 50.2. The summed E-state index contributed by atoms with van der Waals surface area (Å²) in [6.07, 6.45) is 19.0. The lowest BCUT2D eigenvalue weighted by atomic mass is 9.72. The Hall–Kier alpha value is -5.97. The number of amides is 5. The molecule has 0 unspecified atom stereocenters. The van der Waals surface area contributed by atoms with E-state index in [4.69, 9.17) is 14.7 Å². The molecule has 8 heterocycles. The van der Waals surface area contributed by atoms with E-state index in [-0.39, 0.29) is 66.1 Å². The number of piperidine rings is 4. The lowest BCUT2D eigenvalue weighted by Crippen LogP contribution is -2.59. The zero-order valence-electron chi connectivity index (χ0n) is 42.8. The highest BCUT2D eigenvalue weighted by Crippen LogP contribution is 2.53. The third-order valence-electron chi connectivity index (χ3n) is 18.3. The van der Waals surface area contributed by atoms with Gasteiger partial charge in [-0.2, -0.15) is 0 Å². The van der Waals surface area contributed by atoms with Gasteiger partial charge in [0.15, 0.2) is 5.82 Å². The maximum atomic E-state index is 15.3. The van der Waals surface area contributed by atoms with Crippen molar-refractivity contribution in [2.75, 3.05) is 49.5 Å². The highest BCUT2D eigenvalue weighted by molar-refractivity contribution is 6.09. The van der Waals surface area contributed by atoms with Crippen molar-refractivity contribution in [3.05, 3.63) is 54.1 Å². The van der Waals surface area contributed by atoms with Crippen LogP contribution in [0.1, 0.15) is 153 Å². The Bertz CT molecular complexity index is 2790. The van der Waals surface area contributed by atoms with E-state index in [2.05, 4.69) is 80.0 Å². The lowest BCUT2D eigenvalue weighted by Gasteiger charge is -2.48. The summed E-state index contributed by atoms with van der Waals surface area (Å²) < 4.78 is 8.30. The fourth-order valence-corrected chi connectivity index (χ4v) is 13.4. The molecule has 1 spiro atoms. The molecule has 17 nitrogen and oxygen atoms in total. The number of hydrogen-bond acceptors (Lipinski definition) is 12. The Kier molecular flexibility index (Phi) is 12.5. The van der Waals surface area contributed by atoms with Crippen LogP contribution < -0.4 is 20.3 Å². The summed E-state index contributed by atoms with van der Waals surface area (Å²) >= 11 is 0. The number of fused-ring (bicyclic) bond motifs is 3. The first-order chi connectivity index (χ1) is 35.3. The van der Waals surface area contributed by atoms with E-state index in [1.807, 2.05) is 16.1 Å². The third-order valence-corrected chi connectivity index (χ3v) is 18.3. The van der Waals surface area contributed by atoms with Crippen molar-refractivity contribution in [3.8, 4) is 17.3 Å². The van der Waals surface area contributed by atoms with Crippen molar-refractivity contribution in [3.63, 3.8) is 0 Å². The monoisotopic (exact) mass is 994 g/mol. The summed E-state index contributed by atoms with van der Waals surface area (Å²) in [5, 5.41) is 6.08. The highest BCUT2D eigenvalue weighted by atomic mass is 16.5. The molecule has 386 valence electrons. The molecule has 5 aliphatic heterocycles. The molecule has 8 aliphatic rings. The molecule has 12 rings (SSSR count). The molecular weight excluding hydrogens is 923 g/mol. The zero-order valence-corrected chi connectivity index (χ0v) is 42.8. The number of hydrogen-bond donors (Lipinski definition) is 2. The van der Waals surface area contributed by atoms with Crippen LogP contribution in [0.4, 0.5) is 11.5 Å². The largest absolute Gasteiger partial charge is 0.460 e. The van der Waals surface area contributed by atoms with Crippen LogP contribution in [0.15, 0.2) is 43.0 Å². The SMILES string of the molecule is CC(C)n1cnc2cc(-c3ccc4c(c3)N(C3CC(N5CCCCC5)C3)C(=O)C43CCN(C(=O)C4(C)CCN(C(=O)C5CCC(Oc6ncc([C@H]7CCC(=O)NC7=O)cn6)CC5)CC4)CC3)nc(NC3CC3)c21. The number of carbonyl (C=O) groups is 5. The van der Waals surface area contributed by atoms with Crippen LogP contribution in [-0.4, -0.2) is 132 Å². The van der Waals surface area contributed by atoms with E-state index in [0.29, 0.717) is 102 Å². The second-order valence-electron chi connectivity index (χ2n) is 23.3. The van der Waals surface area contributed by atoms with Crippen LogP contribution in [-0.2, 0) is 29.4 Å². The number of nitrogens with one attached hydrogen (secondary N) is 2. The van der Waals surface area contributed by atoms with Crippen LogP contribution in [0.25, 0.3) is 22.3 Å². The number of benzene rings is 1. The molecule has 3 aromatic heterocycles. The van der Waals surface area contributed by atoms with Gasteiger partial charge in [-0.1, -0.05) is 25.5 Å². The molecular formula is C56H71N11O6.